The molecule has 0 fully saturated rings. The first-order valence-electron chi connectivity index (χ1n) is 7.53. The topological polar surface area (TPSA) is 73.2 Å². The molecule has 0 unspecified atom stereocenters. The van der Waals surface area contributed by atoms with E-state index in [2.05, 4.69) is 25.8 Å². The van der Waals surface area contributed by atoms with E-state index in [0.717, 1.165) is 11.3 Å². The minimum absolute atomic E-state index is 0.0315. The minimum Gasteiger partial charge on any atom is -0.494 e. The molecule has 0 saturated heterocycles. The van der Waals surface area contributed by atoms with Crippen LogP contribution in [0.15, 0.2) is 64.2 Å². The van der Waals surface area contributed by atoms with Gasteiger partial charge in [-0.05, 0) is 45.8 Å². The van der Waals surface area contributed by atoms with Gasteiger partial charge < -0.3 is 4.74 Å². The van der Waals surface area contributed by atoms with Crippen LogP contribution < -0.4 is 9.46 Å². The van der Waals surface area contributed by atoms with Crippen LogP contribution in [0.4, 0.5) is 0 Å². The molecule has 3 rings (SSSR count). The van der Waals surface area contributed by atoms with Crippen LogP contribution in [0.2, 0.25) is 5.02 Å². The van der Waals surface area contributed by atoms with E-state index in [4.69, 9.17) is 16.3 Å². The van der Waals surface area contributed by atoms with Crippen LogP contribution in [0.25, 0.3) is 5.69 Å². The van der Waals surface area contributed by atoms with E-state index in [-0.39, 0.29) is 22.2 Å². The molecule has 136 valence electrons. The molecule has 26 heavy (non-hydrogen) atoms. The van der Waals surface area contributed by atoms with Crippen LogP contribution in [0, 0.1) is 0 Å². The lowest BCUT2D eigenvalue weighted by Crippen LogP contribution is -2.24. The Hall–Kier alpha value is -1.87. The van der Waals surface area contributed by atoms with Crippen LogP contribution in [0.1, 0.15) is 5.56 Å². The van der Waals surface area contributed by atoms with Crippen molar-refractivity contribution < 1.29 is 13.2 Å². The molecule has 1 heterocycles. The van der Waals surface area contributed by atoms with Crippen LogP contribution in [-0.2, 0) is 16.6 Å². The van der Waals surface area contributed by atoms with Gasteiger partial charge in [-0.15, -0.1) is 0 Å². The van der Waals surface area contributed by atoms with Gasteiger partial charge in [-0.25, -0.2) is 17.8 Å². The van der Waals surface area contributed by atoms with Gasteiger partial charge in [-0.2, -0.15) is 5.10 Å². The first-order valence-corrected chi connectivity index (χ1v) is 10.2. The molecule has 0 bridgehead atoms. The van der Waals surface area contributed by atoms with Gasteiger partial charge in [0.2, 0.25) is 10.0 Å². The van der Waals surface area contributed by atoms with E-state index in [1.165, 1.54) is 13.2 Å². The third-order valence-electron chi connectivity index (χ3n) is 3.66. The molecule has 9 heteroatoms. The predicted molar refractivity (Wildman–Crippen MR) is 103 cm³/mol. The van der Waals surface area contributed by atoms with Crippen LogP contribution in [-0.4, -0.2) is 25.3 Å². The summed E-state index contributed by atoms with van der Waals surface area (Å²) in [5.41, 5.74) is 1.57. The fourth-order valence-electron chi connectivity index (χ4n) is 2.48. The average molecular weight is 457 g/mol. The van der Waals surface area contributed by atoms with Crippen molar-refractivity contribution in [2.75, 3.05) is 7.11 Å². The number of para-hydroxylation sites is 1. The van der Waals surface area contributed by atoms with Gasteiger partial charge in [0, 0.05) is 24.0 Å². The maximum atomic E-state index is 12.8. The van der Waals surface area contributed by atoms with Crippen molar-refractivity contribution in [3.05, 3.63) is 69.9 Å². The third kappa shape index (κ3) is 3.93. The van der Waals surface area contributed by atoms with Crippen molar-refractivity contribution in [1.82, 2.24) is 14.5 Å². The highest BCUT2D eigenvalue weighted by Crippen LogP contribution is 2.35. The standard InChI is InChI=1S/C17H15BrClN3O3S/c1-25-17-14(18)9-13(19)10-16(17)26(23,24)21-11-12-5-2-3-6-15(12)22-8-4-7-20-22/h2-10,21H,11H2,1H3. The molecule has 6 nitrogen and oxygen atoms in total. The Bertz CT molecular complexity index is 1020. The number of rotatable bonds is 6. The summed E-state index contributed by atoms with van der Waals surface area (Å²) in [7, 11) is -2.45. The number of ether oxygens (including phenoxy) is 1. The van der Waals surface area contributed by atoms with E-state index < -0.39 is 10.0 Å². The van der Waals surface area contributed by atoms with E-state index >= 15 is 0 Å². The Morgan fingerprint density at radius 2 is 2.04 bits per heavy atom. The zero-order valence-corrected chi connectivity index (χ0v) is 16.8. The SMILES string of the molecule is COc1c(Br)cc(Cl)cc1S(=O)(=O)NCc1ccccc1-n1cccn1. The molecule has 0 aliphatic carbocycles. The Morgan fingerprint density at radius 1 is 1.27 bits per heavy atom. The van der Waals surface area contributed by atoms with Gasteiger partial charge in [0.05, 0.1) is 17.3 Å². The van der Waals surface area contributed by atoms with Gasteiger partial charge in [-0.1, -0.05) is 29.8 Å². The number of aromatic nitrogens is 2. The van der Waals surface area contributed by atoms with Crippen LogP contribution >= 0.6 is 27.5 Å². The van der Waals surface area contributed by atoms with E-state index in [1.807, 2.05) is 24.3 Å². The average Bonchev–Trinajstić information content (AvgIpc) is 3.14. The van der Waals surface area contributed by atoms with Gasteiger partial charge in [0.25, 0.3) is 0 Å². The lowest BCUT2D eigenvalue weighted by molar-refractivity contribution is 0.399. The summed E-state index contributed by atoms with van der Waals surface area (Å²) < 4.78 is 35.5. The van der Waals surface area contributed by atoms with Gasteiger partial charge >= 0.3 is 0 Å². The van der Waals surface area contributed by atoms with Crippen molar-refractivity contribution in [3.8, 4) is 11.4 Å². The zero-order valence-electron chi connectivity index (χ0n) is 13.7. The minimum atomic E-state index is -3.85. The Balaban J connectivity index is 1.92. The van der Waals surface area contributed by atoms with Crippen molar-refractivity contribution in [3.63, 3.8) is 0 Å². The Morgan fingerprint density at radius 3 is 2.73 bits per heavy atom. The predicted octanol–water partition coefficient (Wildman–Crippen LogP) is 3.78. The second-order valence-electron chi connectivity index (χ2n) is 5.32. The number of benzene rings is 2. The highest BCUT2D eigenvalue weighted by Gasteiger charge is 2.22. The van der Waals surface area contributed by atoms with E-state index in [9.17, 15) is 8.42 Å². The summed E-state index contributed by atoms with van der Waals surface area (Å²) in [6, 6.07) is 12.1. The number of hydrogen-bond donors (Lipinski definition) is 1. The molecule has 1 N–H and O–H groups in total. The number of halogens is 2. The van der Waals surface area contributed by atoms with E-state index in [0.29, 0.717) is 4.47 Å². The monoisotopic (exact) mass is 455 g/mol. The lowest BCUT2D eigenvalue weighted by atomic mass is 10.2. The van der Waals surface area contributed by atoms with Crippen molar-refractivity contribution in [2.45, 2.75) is 11.4 Å². The molecule has 0 amide bonds. The quantitative estimate of drug-likeness (QED) is 0.613. The molecule has 0 aliphatic heterocycles. The summed E-state index contributed by atoms with van der Waals surface area (Å²) in [6.07, 6.45) is 3.46. The molecular formula is C17H15BrClN3O3S. The van der Waals surface area contributed by atoms with Gasteiger partial charge in [-0.3, -0.25) is 0 Å². The molecule has 0 saturated carbocycles. The molecule has 3 aromatic rings. The first kappa shape index (κ1) is 18.9. The zero-order chi connectivity index (χ0) is 18.7. The number of nitrogens with one attached hydrogen (secondary N) is 1. The smallest absolute Gasteiger partial charge is 0.244 e. The summed E-state index contributed by atoms with van der Waals surface area (Å²) in [6.45, 7) is 0.0889. The summed E-state index contributed by atoms with van der Waals surface area (Å²) in [5, 5.41) is 4.48. The molecule has 0 aliphatic rings. The van der Waals surface area contributed by atoms with Crippen LogP contribution in [0.3, 0.4) is 0 Å². The maximum absolute atomic E-state index is 12.8. The van der Waals surface area contributed by atoms with Crippen molar-refractivity contribution in [1.29, 1.82) is 0 Å². The largest absolute Gasteiger partial charge is 0.494 e. The molecule has 0 spiro atoms. The van der Waals surface area contributed by atoms with Gasteiger partial charge in [0.1, 0.15) is 4.90 Å². The molecular weight excluding hydrogens is 442 g/mol. The summed E-state index contributed by atoms with van der Waals surface area (Å²) >= 11 is 9.28. The number of sulfonamides is 1. The molecule has 0 radical (unpaired) electrons. The van der Waals surface area contributed by atoms with Crippen LogP contribution in [0.5, 0.6) is 5.75 Å². The van der Waals surface area contributed by atoms with E-state index in [1.54, 1.807) is 29.2 Å². The lowest BCUT2D eigenvalue weighted by Gasteiger charge is -2.14. The van der Waals surface area contributed by atoms with Crippen molar-refractivity contribution >= 4 is 37.6 Å². The molecule has 0 atom stereocenters. The van der Waals surface area contributed by atoms with Gasteiger partial charge in [0.15, 0.2) is 5.75 Å². The third-order valence-corrected chi connectivity index (χ3v) is 5.88. The molecule has 2 aromatic carbocycles. The maximum Gasteiger partial charge on any atom is 0.244 e. The number of nitrogens with zero attached hydrogens (tertiary/aromatic N) is 2. The Kier molecular flexibility index (Phi) is 5.67. The van der Waals surface area contributed by atoms with Crippen molar-refractivity contribution in [2.24, 2.45) is 0 Å². The summed E-state index contributed by atoms with van der Waals surface area (Å²) in [4.78, 5) is -0.0315. The number of hydrogen-bond acceptors (Lipinski definition) is 4. The fraction of sp³-hybridized carbons (Fsp3) is 0.118. The fourth-order valence-corrected chi connectivity index (χ4v) is 4.87. The second-order valence-corrected chi connectivity index (χ2v) is 8.35. The first-order chi connectivity index (χ1) is 12.4. The normalized spacial score (nSPS) is 11.5. The second kappa shape index (κ2) is 7.79. The highest BCUT2D eigenvalue weighted by molar-refractivity contribution is 9.10. The molecule has 1 aromatic heterocycles. The summed E-state index contributed by atoms with van der Waals surface area (Å²) in [5.74, 6) is 0.197. The number of methoxy groups -OCH3 is 1. The Labute approximate surface area is 164 Å². The highest BCUT2D eigenvalue weighted by atomic mass is 79.9.